The fourth-order valence-corrected chi connectivity index (χ4v) is 2.68. The van der Waals surface area contributed by atoms with Gasteiger partial charge in [-0.2, -0.15) is 4.98 Å². The lowest BCUT2D eigenvalue weighted by Gasteiger charge is -2.20. The Bertz CT molecular complexity index is 541. The van der Waals surface area contributed by atoms with E-state index in [0.29, 0.717) is 11.8 Å². The molecule has 0 spiro atoms. The number of piperidine rings is 1. The highest BCUT2D eigenvalue weighted by molar-refractivity contribution is 5.23. The van der Waals surface area contributed by atoms with Crippen molar-refractivity contribution in [3.8, 4) is 0 Å². The summed E-state index contributed by atoms with van der Waals surface area (Å²) in [7, 11) is 0. The molecular weight excluding hydrogens is 250 g/mol. The minimum absolute atomic E-state index is 0.647. The molecule has 0 saturated carbocycles. The van der Waals surface area contributed by atoms with E-state index < -0.39 is 0 Å². The van der Waals surface area contributed by atoms with E-state index in [0.717, 1.165) is 31.8 Å². The van der Waals surface area contributed by atoms with Crippen molar-refractivity contribution in [2.75, 3.05) is 13.1 Å². The highest BCUT2D eigenvalue weighted by Gasteiger charge is 2.16. The molecule has 1 unspecified atom stereocenters. The van der Waals surface area contributed by atoms with Crippen LogP contribution >= 0.6 is 0 Å². The van der Waals surface area contributed by atoms with Gasteiger partial charge in [0, 0.05) is 6.42 Å². The summed E-state index contributed by atoms with van der Waals surface area (Å²) >= 11 is 0. The zero-order valence-electron chi connectivity index (χ0n) is 11.9. The zero-order valence-corrected chi connectivity index (χ0v) is 11.9. The van der Waals surface area contributed by atoms with Crippen LogP contribution in [0.3, 0.4) is 0 Å². The van der Waals surface area contributed by atoms with Gasteiger partial charge in [0.05, 0.1) is 6.42 Å². The molecule has 0 aliphatic carbocycles. The Morgan fingerprint density at radius 3 is 2.90 bits per heavy atom. The molecule has 1 atom stereocenters. The summed E-state index contributed by atoms with van der Waals surface area (Å²) in [5, 5.41) is 7.53. The first-order valence-corrected chi connectivity index (χ1v) is 7.37. The lowest BCUT2D eigenvalue weighted by molar-refractivity contribution is 0.351. The minimum Gasteiger partial charge on any atom is -0.339 e. The standard InChI is InChI=1S/C16H21N3O/c1-12-4-6-13(7-5-12)10-16-18-15(19-20-16)9-14-3-2-8-17-11-14/h4-7,14,17H,2-3,8-11H2,1H3. The van der Waals surface area contributed by atoms with Crippen molar-refractivity contribution >= 4 is 0 Å². The second-order valence-corrected chi connectivity index (χ2v) is 5.68. The molecule has 0 radical (unpaired) electrons. The largest absolute Gasteiger partial charge is 0.339 e. The fourth-order valence-electron chi connectivity index (χ4n) is 2.68. The monoisotopic (exact) mass is 271 g/mol. The molecule has 1 aromatic heterocycles. The predicted molar refractivity (Wildman–Crippen MR) is 77.6 cm³/mol. The molecule has 1 aromatic carbocycles. The normalized spacial score (nSPS) is 19.1. The molecule has 106 valence electrons. The minimum atomic E-state index is 0.647. The fraction of sp³-hybridized carbons (Fsp3) is 0.500. The Hall–Kier alpha value is -1.68. The van der Waals surface area contributed by atoms with Gasteiger partial charge >= 0.3 is 0 Å². The van der Waals surface area contributed by atoms with Crippen LogP contribution in [0.2, 0.25) is 0 Å². The van der Waals surface area contributed by atoms with E-state index in [1.165, 1.54) is 24.0 Å². The third-order valence-electron chi connectivity index (χ3n) is 3.86. The van der Waals surface area contributed by atoms with Crippen LogP contribution < -0.4 is 5.32 Å². The number of nitrogens with zero attached hydrogens (tertiary/aromatic N) is 2. The van der Waals surface area contributed by atoms with E-state index in [2.05, 4.69) is 46.6 Å². The van der Waals surface area contributed by atoms with Gasteiger partial charge < -0.3 is 9.84 Å². The third kappa shape index (κ3) is 3.45. The highest BCUT2D eigenvalue weighted by Crippen LogP contribution is 2.15. The van der Waals surface area contributed by atoms with Crippen LogP contribution in [0, 0.1) is 12.8 Å². The predicted octanol–water partition coefficient (Wildman–Crippen LogP) is 2.51. The molecule has 2 aromatic rings. The molecule has 20 heavy (non-hydrogen) atoms. The first kappa shape index (κ1) is 13.3. The Labute approximate surface area is 119 Å². The van der Waals surface area contributed by atoms with Gasteiger partial charge in [0.25, 0.3) is 0 Å². The lowest BCUT2D eigenvalue weighted by atomic mass is 9.96. The summed E-state index contributed by atoms with van der Waals surface area (Å²) in [5.41, 5.74) is 2.48. The van der Waals surface area contributed by atoms with Crippen LogP contribution in [0.1, 0.15) is 35.7 Å². The van der Waals surface area contributed by atoms with E-state index in [1.807, 2.05) is 0 Å². The summed E-state index contributed by atoms with van der Waals surface area (Å²) in [6, 6.07) is 8.45. The van der Waals surface area contributed by atoms with Crippen molar-refractivity contribution in [2.24, 2.45) is 5.92 Å². The maximum Gasteiger partial charge on any atom is 0.231 e. The topological polar surface area (TPSA) is 51.0 Å². The Kier molecular flexibility index (Phi) is 4.11. The van der Waals surface area contributed by atoms with Crippen molar-refractivity contribution in [3.63, 3.8) is 0 Å². The van der Waals surface area contributed by atoms with Gasteiger partial charge in [-0.05, 0) is 44.3 Å². The first-order chi connectivity index (χ1) is 9.79. The van der Waals surface area contributed by atoms with Gasteiger partial charge in [-0.1, -0.05) is 35.0 Å². The van der Waals surface area contributed by atoms with Crippen LogP contribution in [0.4, 0.5) is 0 Å². The Morgan fingerprint density at radius 1 is 1.30 bits per heavy atom. The number of hydrogen-bond acceptors (Lipinski definition) is 4. The second-order valence-electron chi connectivity index (χ2n) is 5.68. The summed E-state index contributed by atoms with van der Waals surface area (Å²) in [4.78, 5) is 4.52. The smallest absolute Gasteiger partial charge is 0.231 e. The van der Waals surface area contributed by atoms with Crippen LogP contribution in [0.5, 0.6) is 0 Å². The quantitative estimate of drug-likeness (QED) is 0.928. The van der Waals surface area contributed by atoms with E-state index in [4.69, 9.17) is 4.52 Å². The van der Waals surface area contributed by atoms with Crippen molar-refractivity contribution in [1.29, 1.82) is 0 Å². The average molecular weight is 271 g/mol. The van der Waals surface area contributed by atoms with Gasteiger partial charge in [0.1, 0.15) is 0 Å². The SMILES string of the molecule is Cc1ccc(Cc2nc(CC3CCCNC3)no2)cc1. The molecule has 0 amide bonds. The number of nitrogens with one attached hydrogen (secondary N) is 1. The maximum absolute atomic E-state index is 5.36. The van der Waals surface area contributed by atoms with E-state index >= 15 is 0 Å². The van der Waals surface area contributed by atoms with Gasteiger partial charge in [-0.3, -0.25) is 0 Å². The highest BCUT2D eigenvalue weighted by atomic mass is 16.5. The number of aryl methyl sites for hydroxylation is 1. The molecular formula is C16H21N3O. The second kappa shape index (κ2) is 6.18. The average Bonchev–Trinajstić information content (AvgIpc) is 2.90. The summed E-state index contributed by atoms with van der Waals surface area (Å²) < 4.78 is 5.36. The zero-order chi connectivity index (χ0) is 13.8. The van der Waals surface area contributed by atoms with Crippen LogP contribution in [0.25, 0.3) is 0 Å². The van der Waals surface area contributed by atoms with Crippen molar-refractivity contribution in [3.05, 3.63) is 47.1 Å². The summed E-state index contributed by atoms with van der Waals surface area (Å²) in [6.45, 7) is 4.30. The molecule has 4 nitrogen and oxygen atoms in total. The van der Waals surface area contributed by atoms with Crippen LogP contribution in [0.15, 0.2) is 28.8 Å². The number of hydrogen-bond donors (Lipinski definition) is 1. The molecule has 1 saturated heterocycles. The van der Waals surface area contributed by atoms with E-state index in [1.54, 1.807) is 0 Å². The third-order valence-corrected chi connectivity index (χ3v) is 3.86. The van der Waals surface area contributed by atoms with Gasteiger partial charge in [0.2, 0.25) is 5.89 Å². The van der Waals surface area contributed by atoms with Crippen molar-refractivity contribution in [1.82, 2.24) is 15.5 Å². The first-order valence-electron chi connectivity index (χ1n) is 7.37. The van der Waals surface area contributed by atoms with Crippen molar-refractivity contribution in [2.45, 2.75) is 32.6 Å². The molecule has 2 heterocycles. The molecule has 0 bridgehead atoms. The number of rotatable bonds is 4. The van der Waals surface area contributed by atoms with E-state index in [9.17, 15) is 0 Å². The van der Waals surface area contributed by atoms with Crippen LogP contribution in [-0.2, 0) is 12.8 Å². The molecule has 1 fully saturated rings. The molecule has 3 rings (SSSR count). The lowest BCUT2D eigenvalue weighted by Crippen LogP contribution is -2.31. The van der Waals surface area contributed by atoms with Gasteiger partial charge in [-0.25, -0.2) is 0 Å². The number of benzene rings is 1. The van der Waals surface area contributed by atoms with Gasteiger partial charge in [-0.15, -0.1) is 0 Å². The maximum atomic E-state index is 5.36. The van der Waals surface area contributed by atoms with E-state index in [-0.39, 0.29) is 0 Å². The Morgan fingerprint density at radius 2 is 2.15 bits per heavy atom. The molecule has 1 aliphatic rings. The summed E-state index contributed by atoms with van der Waals surface area (Å²) in [5.74, 6) is 2.21. The van der Waals surface area contributed by atoms with Crippen molar-refractivity contribution < 1.29 is 4.52 Å². The molecule has 4 heteroatoms. The number of aromatic nitrogens is 2. The molecule has 1 N–H and O–H groups in total. The Balaban J connectivity index is 1.60. The molecule has 1 aliphatic heterocycles. The summed E-state index contributed by atoms with van der Waals surface area (Å²) in [6.07, 6.45) is 4.15. The van der Waals surface area contributed by atoms with Crippen LogP contribution in [-0.4, -0.2) is 23.2 Å². The van der Waals surface area contributed by atoms with Gasteiger partial charge in [0.15, 0.2) is 5.82 Å².